The normalized spacial score (nSPS) is 42.3. The number of carbonyl (C=O) groups is 2. The molecule has 0 aromatic rings. The molecule has 0 aromatic carbocycles. The molecule has 1 heterocycles. The zero-order valence-corrected chi connectivity index (χ0v) is 24.5. The van der Waals surface area contributed by atoms with Crippen LogP contribution >= 0.6 is 0 Å². The monoisotopic (exact) mass is 667 g/mol. The number of hydrogen-bond donors (Lipinski definition) is 4. The van der Waals surface area contributed by atoms with E-state index in [0.29, 0.717) is 0 Å². The van der Waals surface area contributed by atoms with Crippen LogP contribution < -0.4 is 0 Å². The number of fused-ring (bicyclic) bond motifs is 1. The molecule has 4 N–H and O–H groups in total. The third-order valence-electron chi connectivity index (χ3n) is 7.88. The summed E-state index contributed by atoms with van der Waals surface area (Å²) in [6.45, 7) is 9.77. The molecule has 179 valence electrons. The van der Waals surface area contributed by atoms with Crippen LogP contribution in [0.25, 0.3) is 0 Å². The van der Waals surface area contributed by atoms with E-state index in [1.165, 1.54) is 20.8 Å². The third-order valence-corrected chi connectivity index (χ3v) is 7.88. The Morgan fingerprint density at radius 1 is 1.22 bits per heavy atom. The molecular weight excluding hydrogens is 631 g/mol. The smallest absolute Gasteiger partial charge is 0.302 e. The summed E-state index contributed by atoms with van der Waals surface area (Å²) in [5.41, 5.74) is -2.83. The molecule has 2 fully saturated rings. The number of allylic oxidation sites excluding steroid dienone is 1. The molecule has 3 rings (SSSR count). The van der Waals surface area contributed by atoms with Crippen LogP contribution in [-0.2, 0) is 19.1 Å². The van der Waals surface area contributed by atoms with Gasteiger partial charge in [0.05, 0.1) is 30.3 Å². The molecule has 1 saturated heterocycles. The van der Waals surface area contributed by atoms with E-state index < -0.39 is 70.5 Å². The van der Waals surface area contributed by atoms with E-state index in [0.717, 1.165) is 5.57 Å². The summed E-state index contributed by atoms with van der Waals surface area (Å²) in [5, 5.41) is 43.4. The Morgan fingerprint density at radius 3 is 2.28 bits per heavy atom. The summed E-state index contributed by atoms with van der Waals surface area (Å²) < 4.78 is 11.3. The predicted octanol–water partition coefficient (Wildman–Crippen LogP) is 0.738. The number of esters is 1. The summed E-state index contributed by atoms with van der Waals surface area (Å²) in [4.78, 5) is 25.4. The van der Waals surface area contributed by atoms with Crippen LogP contribution in [0.1, 0.15) is 54.4 Å². The summed E-state index contributed by atoms with van der Waals surface area (Å²) in [6.07, 6.45) is -2.84. The first-order valence-corrected chi connectivity index (χ1v) is 10.9. The van der Waals surface area contributed by atoms with Crippen LogP contribution in [0.5, 0.6) is 0 Å². The van der Waals surface area contributed by atoms with Crippen LogP contribution in [0.15, 0.2) is 11.6 Å². The third kappa shape index (κ3) is 4.53. The van der Waals surface area contributed by atoms with Gasteiger partial charge < -0.3 is 29.9 Å². The minimum atomic E-state index is -1.58. The van der Waals surface area contributed by atoms with E-state index in [4.69, 9.17) is 9.47 Å². The van der Waals surface area contributed by atoms with Crippen LogP contribution in [0.3, 0.4) is 0 Å². The van der Waals surface area contributed by atoms with Gasteiger partial charge in [-0.2, -0.15) is 0 Å². The first-order valence-electron chi connectivity index (χ1n) is 10.9. The Labute approximate surface area is 225 Å². The van der Waals surface area contributed by atoms with Gasteiger partial charge in [-0.3, -0.25) is 9.59 Å². The van der Waals surface area contributed by atoms with E-state index >= 15 is 0 Å². The summed E-state index contributed by atoms with van der Waals surface area (Å²) in [6, 6.07) is 0. The Morgan fingerprint density at radius 2 is 1.81 bits per heavy atom. The van der Waals surface area contributed by atoms with Gasteiger partial charge in [0.2, 0.25) is 0 Å². The van der Waals surface area contributed by atoms with E-state index in [9.17, 15) is 30.0 Å². The van der Waals surface area contributed by atoms with Crippen molar-refractivity contribution in [1.29, 1.82) is 0 Å². The fourth-order valence-corrected chi connectivity index (χ4v) is 6.15. The number of hydrogen-bond acceptors (Lipinski definition) is 8. The fraction of sp³-hybridized carbons (Fsp3) is 0.826. The van der Waals surface area contributed by atoms with E-state index in [-0.39, 0.29) is 63.5 Å². The molecule has 1 aliphatic heterocycles. The first kappa shape index (κ1) is 28.4. The second-order valence-electron chi connectivity index (χ2n) is 10.5. The van der Waals surface area contributed by atoms with Crippen molar-refractivity contribution in [3.8, 4) is 0 Å². The van der Waals surface area contributed by atoms with Gasteiger partial charge in [0.25, 0.3) is 0 Å². The first-order chi connectivity index (χ1) is 14.2. The maximum Gasteiger partial charge on any atom is 0.302 e. The number of aliphatic hydroxyl groups is 4. The number of Topliss-reactive ketones (excluding diaryl/α,β-unsaturated/α-hetero) is 1. The van der Waals surface area contributed by atoms with Gasteiger partial charge in [-0.05, 0) is 38.2 Å². The van der Waals surface area contributed by atoms with Crippen molar-refractivity contribution in [2.45, 2.75) is 90.5 Å². The largest absolute Gasteiger partial charge is 0.462 e. The van der Waals surface area contributed by atoms with Crippen molar-refractivity contribution in [1.82, 2.24) is 0 Å². The molecule has 3 aliphatic rings. The number of carbonyl (C=O) groups excluding carboxylic acids is 2. The number of ketones is 1. The Kier molecular flexibility index (Phi) is 8.54. The van der Waals surface area contributed by atoms with Crippen molar-refractivity contribution < 1.29 is 83.6 Å². The zero-order valence-electron chi connectivity index (χ0n) is 19.7. The Bertz CT molecular complexity index is 780. The molecule has 2 aliphatic carbocycles. The maximum atomic E-state index is 13.2. The van der Waals surface area contributed by atoms with Crippen LogP contribution in [0.2, 0.25) is 0 Å². The van der Waals surface area contributed by atoms with Gasteiger partial charge in [0.1, 0.15) is 17.8 Å². The van der Waals surface area contributed by atoms with Gasteiger partial charge in [-0.15, -0.1) is 0 Å². The van der Waals surface area contributed by atoms with Gasteiger partial charge >= 0.3 is 5.97 Å². The van der Waals surface area contributed by atoms with Crippen molar-refractivity contribution in [3.63, 3.8) is 0 Å². The minimum absolute atomic E-state index is 0. The maximum absolute atomic E-state index is 13.2. The molecule has 0 aromatic heterocycles. The summed E-state index contributed by atoms with van der Waals surface area (Å²) in [5.74, 6) is -2.69. The topological polar surface area (TPSA) is 134 Å². The molecule has 1 saturated carbocycles. The minimum Gasteiger partial charge on any atom is -0.462 e. The fourth-order valence-electron chi connectivity index (χ4n) is 6.15. The van der Waals surface area contributed by atoms with E-state index in [2.05, 4.69) is 0 Å². The van der Waals surface area contributed by atoms with Crippen LogP contribution in [0, 0.1) is 66.7 Å². The average molecular weight is 668 g/mol. The standard InChI is InChI=1S/C23H36O8.Ac/c1-11-9-21(4,5)14(7-15(11)26)18(31-13(3)25)19-22(6,20(28)12(2)24)16(27)8-17-23(19,29)10-30-17;/h9,12,14-19,24,26-27,29H,7-8,10H2,1-6H3;. The van der Waals surface area contributed by atoms with Crippen molar-refractivity contribution in [3.05, 3.63) is 11.6 Å². The van der Waals surface area contributed by atoms with Gasteiger partial charge in [-0.1, -0.05) is 19.9 Å². The number of rotatable bonds is 5. The van der Waals surface area contributed by atoms with Crippen molar-refractivity contribution in [2.24, 2.45) is 22.7 Å². The van der Waals surface area contributed by atoms with Gasteiger partial charge in [0, 0.05) is 69.2 Å². The predicted molar refractivity (Wildman–Crippen MR) is 111 cm³/mol. The molecule has 0 bridgehead atoms. The molecule has 32 heavy (non-hydrogen) atoms. The molecule has 9 atom stereocenters. The quantitative estimate of drug-likeness (QED) is 0.250. The molecule has 0 spiro atoms. The SMILES string of the molecule is CC(=O)OC(C1CC(O)C(C)=CC1(C)C)C1C2(O)COC2CC(O)C1(C)C(=O)C(C)O.[Ac]. The molecule has 1 radical (unpaired) electrons. The second kappa shape index (κ2) is 9.64. The Hall–Kier alpha value is 0.122. The molecule has 9 heteroatoms. The van der Waals surface area contributed by atoms with Crippen molar-refractivity contribution >= 4 is 11.8 Å². The average Bonchev–Trinajstić information content (AvgIpc) is 2.64. The van der Waals surface area contributed by atoms with E-state index in [1.807, 2.05) is 26.8 Å². The number of aliphatic hydroxyl groups excluding tert-OH is 3. The Balaban J connectivity index is 0.00000363. The number of ether oxygens (including phenoxy) is 2. The molecule has 8 nitrogen and oxygen atoms in total. The molecule has 0 amide bonds. The second-order valence-corrected chi connectivity index (χ2v) is 10.5. The van der Waals surface area contributed by atoms with Gasteiger partial charge in [-0.25, -0.2) is 0 Å². The summed E-state index contributed by atoms with van der Waals surface area (Å²) >= 11 is 0. The molecular formula is C23H36AcO8. The van der Waals surface area contributed by atoms with Gasteiger partial charge in [0.15, 0.2) is 5.78 Å². The van der Waals surface area contributed by atoms with E-state index in [1.54, 1.807) is 0 Å². The molecule has 9 unspecified atom stereocenters. The van der Waals surface area contributed by atoms with Crippen LogP contribution in [-0.4, -0.2) is 74.9 Å². The zero-order chi connectivity index (χ0) is 23.5. The summed E-state index contributed by atoms with van der Waals surface area (Å²) in [7, 11) is 0. The van der Waals surface area contributed by atoms with Crippen LogP contribution in [0.4, 0.5) is 0 Å². The van der Waals surface area contributed by atoms with Crippen molar-refractivity contribution in [2.75, 3.05) is 6.61 Å².